The number of alkyl carbamates (subject to hydrolysis) is 1. The lowest BCUT2D eigenvalue weighted by Gasteiger charge is -2.19. The van der Waals surface area contributed by atoms with Gasteiger partial charge in [-0.2, -0.15) is 0 Å². The van der Waals surface area contributed by atoms with E-state index in [9.17, 15) is 14.7 Å². The first-order valence-corrected chi connectivity index (χ1v) is 10.7. The van der Waals surface area contributed by atoms with Gasteiger partial charge in [0.05, 0.1) is 6.04 Å². The van der Waals surface area contributed by atoms with E-state index in [2.05, 4.69) is 10.3 Å². The van der Waals surface area contributed by atoms with Crippen molar-refractivity contribution in [2.75, 3.05) is 6.54 Å². The average molecular weight is 441 g/mol. The van der Waals surface area contributed by atoms with Crippen LogP contribution in [0.25, 0.3) is 0 Å². The van der Waals surface area contributed by atoms with Crippen LogP contribution in [0.15, 0.2) is 59.6 Å². The third-order valence-electron chi connectivity index (χ3n) is 4.91. The van der Waals surface area contributed by atoms with Gasteiger partial charge < -0.3 is 26.6 Å². The molecule has 172 valence electrons. The van der Waals surface area contributed by atoms with E-state index in [-0.39, 0.29) is 30.0 Å². The highest BCUT2D eigenvalue weighted by molar-refractivity contribution is 5.87. The minimum absolute atomic E-state index is 0.00868. The number of amides is 1. The number of nitrogens with two attached hydrogens (primary N) is 2. The molecule has 8 nitrogen and oxygen atoms in total. The molecule has 0 bridgehead atoms. The molecular weight excluding hydrogens is 408 g/mol. The summed E-state index contributed by atoms with van der Waals surface area (Å²) in [6, 6.07) is 15.6. The van der Waals surface area contributed by atoms with E-state index in [0.29, 0.717) is 32.2 Å². The number of Topliss-reactive ketones (excluding diaryl/α,β-unsaturated/α-hetero) is 1. The Morgan fingerprint density at radius 3 is 2.41 bits per heavy atom. The van der Waals surface area contributed by atoms with Crippen LogP contribution in [0, 0.1) is 5.92 Å². The molecule has 8 heteroatoms. The van der Waals surface area contributed by atoms with Crippen molar-refractivity contribution in [1.82, 2.24) is 5.32 Å². The number of hydrogen-bond donors (Lipinski definition) is 4. The van der Waals surface area contributed by atoms with Gasteiger partial charge in [-0.25, -0.2) is 4.79 Å². The number of aromatic hydroxyl groups is 1. The first-order valence-electron chi connectivity index (χ1n) is 10.7. The van der Waals surface area contributed by atoms with E-state index in [1.165, 1.54) is 0 Å². The highest BCUT2D eigenvalue weighted by atomic mass is 16.5. The lowest BCUT2D eigenvalue weighted by atomic mass is 9.92. The first kappa shape index (κ1) is 24.7. The summed E-state index contributed by atoms with van der Waals surface area (Å²) in [5.74, 6) is 0.189. The molecule has 0 heterocycles. The fraction of sp³-hybridized carbons (Fsp3) is 0.375. The molecule has 0 saturated heterocycles. The second-order valence-corrected chi connectivity index (χ2v) is 7.85. The quantitative estimate of drug-likeness (QED) is 0.227. The van der Waals surface area contributed by atoms with Crippen LogP contribution < -0.4 is 16.8 Å². The van der Waals surface area contributed by atoms with Gasteiger partial charge >= 0.3 is 6.09 Å². The van der Waals surface area contributed by atoms with E-state index < -0.39 is 12.1 Å². The molecule has 0 aromatic heterocycles. The second-order valence-electron chi connectivity index (χ2n) is 7.85. The molecule has 2 unspecified atom stereocenters. The molecule has 2 aromatic rings. The Labute approximate surface area is 188 Å². The van der Waals surface area contributed by atoms with Gasteiger partial charge in [-0.05, 0) is 48.4 Å². The summed E-state index contributed by atoms with van der Waals surface area (Å²) < 4.78 is 5.27. The molecule has 0 spiro atoms. The predicted octanol–water partition coefficient (Wildman–Crippen LogP) is 2.88. The number of phenolic OH excluding ortho intramolecular Hbond substituents is 1. The maximum atomic E-state index is 12.9. The number of nitrogens with zero attached hydrogens (tertiary/aromatic N) is 1. The zero-order chi connectivity index (χ0) is 23.3. The van der Waals surface area contributed by atoms with Crippen LogP contribution in [0.2, 0.25) is 0 Å². The fourth-order valence-corrected chi connectivity index (χ4v) is 3.32. The number of ketones is 1. The maximum absolute atomic E-state index is 12.9. The van der Waals surface area contributed by atoms with Crippen LogP contribution in [-0.4, -0.2) is 35.5 Å². The number of carbonyl (C=O) groups excluding carboxylic acids is 2. The summed E-state index contributed by atoms with van der Waals surface area (Å²) in [6.45, 7) is 2.48. The Morgan fingerprint density at radius 1 is 1.06 bits per heavy atom. The molecule has 0 saturated carbocycles. The smallest absolute Gasteiger partial charge is 0.408 e. The zero-order valence-electron chi connectivity index (χ0n) is 18.4. The maximum Gasteiger partial charge on any atom is 0.408 e. The molecule has 0 radical (unpaired) electrons. The van der Waals surface area contributed by atoms with Crippen molar-refractivity contribution in [1.29, 1.82) is 0 Å². The standard InChI is InChI=1S/C24H32N4O4/c1-17(14-18-9-11-20(29)12-10-18)15-22(30)21(8-5-13-27-23(25)26)28-24(31)32-16-19-6-3-2-4-7-19/h2-4,6-7,9-12,17,21,29H,5,8,13-16H2,1H3,(H,28,31)(H4,25,26,27). The van der Waals surface area contributed by atoms with Gasteiger partial charge in [0.2, 0.25) is 0 Å². The average Bonchev–Trinajstić information content (AvgIpc) is 2.76. The third-order valence-corrected chi connectivity index (χ3v) is 4.91. The minimum Gasteiger partial charge on any atom is -0.508 e. The van der Waals surface area contributed by atoms with Crippen molar-refractivity contribution in [2.45, 2.75) is 45.3 Å². The number of aliphatic imine (C=N–C) groups is 1. The number of benzene rings is 2. The summed E-state index contributed by atoms with van der Waals surface area (Å²) in [7, 11) is 0. The molecule has 32 heavy (non-hydrogen) atoms. The Kier molecular flexibility index (Phi) is 10.0. The van der Waals surface area contributed by atoms with E-state index in [4.69, 9.17) is 16.2 Å². The summed E-state index contributed by atoms with van der Waals surface area (Å²) in [6.07, 6.45) is 1.29. The minimum atomic E-state index is -0.685. The fourth-order valence-electron chi connectivity index (χ4n) is 3.32. The van der Waals surface area contributed by atoms with Crippen molar-refractivity contribution < 1.29 is 19.4 Å². The SMILES string of the molecule is CC(CC(=O)C(CCCN=C(N)N)NC(=O)OCc1ccccc1)Cc1ccc(O)cc1. The van der Waals surface area contributed by atoms with E-state index in [1.807, 2.05) is 49.4 Å². The third kappa shape index (κ3) is 9.51. The van der Waals surface area contributed by atoms with Crippen molar-refractivity contribution >= 4 is 17.8 Å². The normalized spacial score (nSPS) is 12.4. The molecule has 0 aliphatic rings. The molecule has 2 aromatic carbocycles. The van der Waals surface area contributed by atoms with Gasteiger partial charge in [-0.15, -0.1) is 0 Å². The van der Waals surface area contributed by atoms with Gasteiger partial charge in [0.25, 0.3) is 0 Å². The van der Waals surface area contributed by atoms with Crippen molar-refractivity contribution in [3.05, 3.63) is 65.7 Å². The van der Waals surface area contributed by atoms with E-state index >= 15 is 0 Å². The number of ether oxygens (including phenoxy) is 1. The van der Waals surface area contributed by atoms with Crippen molar-refractivity contribution in [3.8, 4) is 5.75 Å². The number of phenols is 1. The van der Waals surface area contributed by atoms with Crippen LogP contribution in [0.4, 0.5) is 4.79 Å². The molecule has 2 rings (SSSR count). The number of hydrogen-bond acceptors (Lipinski definition) is 5. The number of nitrogens with one attached hydrogen (secondary N) is 1. The van der Waals surface area contributed by atoms with Gasteiger partial charge in [-0.3, -0.25) is 9.79 Å². The molecule has 0 fully saturated rings. The largest absolute Gasteiger partial charge is 0.508 e. The van der Waals surface area contributed by atoms with Crippen LogP contribution in [-0.2, 0) is 22.6 Å². The Hall–Kier alpha value is -3.55. The van der Waals surface area contributed by atoms with Crippen LogP contribution in [0.3, 0.4) is 0 Å². The highest BCUT2D eigenvalue weighted by Crippen LogP contribution is 2.17. The molecule has 1 amide bonds. The topological polar surface area (TPSA) is 140 Å². The number of carbonyl (C=O) groups is 2. The molecule has 0 aliphatic carbocycles. The lowest BCUT2D eigenvalue weighted by Crippen LogP contribution is -2.41. The molecular formula is C24H32N4O4. The van der Waals surface area contributed by atoms with Crippen molar-refractivity contribution in [3.63, 3.8) is 0 Å². The summed E-state index contributed by atoms with van der Waals surface area (Å²) in [5.41, 5.74) is 12.6. The van der Waals surface area contributed by atoms with E-state index in [1.54, 1.807) is 12.1 Å². The predicted molar refractivity (Wildman–Crippen MR) is 124 cm³/mol. The Morgan fingerprint density at radius 2 is 1.75 bits per heavy atom. The summed E-state index contributed by atoms with van der Waals surface area (Å²) in [5, 5.41) is 12.1. The summed E-state index contributed by atoms with van der Waals surface area (Å²) in [4.78, 5) is 29.2. The van der Waals surface area contributed by atoms with Crippen LogP contribution >= 0.6 is 0 Å². The number of guanidine groups is 1. The lowest BCUT2D eigenvalue weighted by molar-refractivity contribution is -0.122. The van der Waals surface area contributed by atoms with Gasteiger partial charge in [0.15, 0.2) is 11.7 Å². The second kappa shape index (κ2) is 13.0. The van der Waals surface area contributed by atoms with Gasteiger partial charge in [0, 0.05) is 13.0 Å². The Bertz CT molecular complexity index is 881. The summed E-state index contributed by atoms with van der Waals surface area (Å²) >= 11 is 0. The Balaban J connectivity index is 1.92. The first-order chi connectivity index (χ1) is 15.3. The highest BCUT2D eigenvalue weighted by Gasteiger charge is 2.23. The monoisotopic (exact) mass is 440 g/mol. The molecule has 6 N–H and O–H groups in total. The van der Waals surface area contributed by atoms with E-state index in [0.717, 1.165) is 11.1 Å². The van der Waals surface area contributed by atoms with Gasteiger partial charge in [0.1, 0.15) is 12.4 Å². The number of rotatable bonds is 12. The zero-order valence-corrected chi connectivity index (χ0v) is 18.4. The van der Waals surface area contributed by atoms with Crippen LogP contribution in [0.1, 0.15) is 37.3 Å². The van der Waals surface area contributed by atoms with Gasteiger partial charge in [-0.1, -0.05) is 49.4 Å². The van der Waals surface area contributed by atoms with Crippen molar-refractivity contribution in [2.24, 2.45) is 22.4 Å². The molecule has 0 aliphatic heterocycles. The van der Waals surface area contributed by atoms with Crippen LogP contribution in [0.5, 0.6) is 5.75 Å². The molecule has 2 atom stereocenters.